The largest absolute Gasteiger partial charge is 0.405 e. The van der Waals surface area contributed by atoms with Crippen LogP contribution < -0.4 is 44.2 Å². The highest BCUT2D eigenvalue weighted by atomic mass is 32.3. The summed E-state index contributed by atoms with van der Waals surface area (Å²) in [4.78, 5) is 40.6. The Kier molecular flexibility index (Phi) is 28.5. The normalized spacial score (nSPS) is 11.2. The minimum Gasteiger partial charge on any atom is -0.350 e. The summed E-state index contributed by atoms with van der Waals surface area (Å²) in [5, 5.41) is 6.46. The summed E-state index contributed by atoms with van der Waals surface area (Å²) in [5.41, 5.74) is 15.7. The van der Waals surface area contributed by atoms with Crippen LogP contribution in [-0.2, 0) is 29.6 Å². The molecule has 29 heteroatoms. The van der Waals surface area contributed by atoms with Crippen LogP contribution >= 0.6 is 0 Å². The molecule has 0 radical (unpaired) electrons. The van der Waals surface area contributed by atoms with Gasteiger partial charge in [0.2, 0.25) is 11.8 Å². The predicted molar refractivity (Wildman–Crippen MR) is 124 cm³/mol. The molecule has 0 saturated heterocycles. The highest BCUT2D eigenvalue weighted by Gasteiger charge is 2.29. The predicted octanol–water partition coefficient (Wildman–Crippen LogP) is -3.59. The second-order valence-electron chi connectivity index (χ2n) is 6.92. The number of hydrogen-bond acceptors (Lipinski definition) is 8. The lowest BCUT2D eigenvalue weighted by Crippen LogP contribution is -2.57. The molecule has 45 heavy (non-hydrogen) atoms. The Morgan fingerprint density at radius 1 is 0.511 bits per heavy atom. The van der Waals surface area contributed by atoms with E-state index in [0.29, 0.717) is 0 Å². The number of carbonyl (C=O) groups excluding carboxylic acids is 4. The molecule has 0 atom stereocenters. The van der Waals surface area contributed by atoms with Crippen molar-refractivity contribution in [1.82, 2.24) is 21.3 Å². The molecular formula is C16H32F12N8O8S+2. The molecule has 0 bridgehead atoms. The minimum atomic E-state index is -4.67. The van der Waals surface area contributed by atoms with E-state index in [0.717, 1.165) is 0 Å². The van der Waals surface area contributed by atoms with Crippen molar-refractivity contribution in [3.63, 3.8) is 0 Å². The number of nitrogens with one attached hydrogen (secondary N) is 4. The fourth-order valence-electron chi connectivity index (χ4n) is 1.12. The van der Waals surface area contributed by atoms with Gasteiger partial charge >= 0.3 is 35.1 Å². The van der Waals surface area contributed by atoms with Gasteiger partial charge in [-0.2, -0.15) is 61.1 Å². The lowest BCUT2D eigenvalue weighted by atomic mass is 10.5. The molecule has 0 fully saturated rings. The van der Waals surface area contributed by atoms with Gasteiger partial charge in [-0.3, -0.25) is 28.3 Å². The number of hydrogen-bond donors (Lipinski definition) is 10. The smallest absolute Gasteiger partial charge is 0.350 e. The van der Waals surface area contributed by atoms with Crippen LogP contribution in [-0.4, -0.2) is 118 Å². The molecule has 0 aromatic heterocycles. The Hall–Kier alpha value is -3.25. The average molecular weight is 725 g/mol. The van der Waals surface area contributed by atoms with E-state index in [-0.39, 0.29) is 13.1 Å². The van der Waals surface area contributed by atoms with Gasteiger partial charge < -0.3 is 44.2 Å². The van der Waals surface area contributed by atoms with Crippen LogP contribution in [0.25, 0.3) is 0 Å². The van der Waals surface area contributed by atoms with Crippen molar-refractivity contribution < 1.29 is 101 Å². The van der Waals surface area contributed by atoms with Gasteiger partial charge in [0.1, 0.15) is 26.2 Å². The summed E-state index contributed by atoms with van der Waals surface area (Å²) in [7, 11) is -4.67. The van der Waals surface area contributed by atoms with Gasteiger partial charge in [-0.25, -0.2) is 0 Å². The maximum Gasteiger partial charge on any atom is 0.405 e. The molecule has 0 aliphatic rings. The Balaban J connectivity index is -0.000000150. The highest BCUT2D eigenvalue weighted by molar-refractivity contribution is 7.79. The van der Waals surface area contributed by atoms with E-state index in [4.69, 9.17) is 29.0 Å². The highest BCUT2D eigenvalue weighted by Crippen LogP contribution is 2.13. The topological polar surface area (TPSA) is 298 Å². The lowest BCUT2D eigenvalue weighted by Gasteiger charge is -2.06. The molecule has 0 spiro atoms. The molecule has 0 saturated carbocycles. The zero-order valence-electron chi connectivity index (χ0n) is 22.5. The van der Waals surface area contributed by atoms with Gasteiger partial charge in [0.15, 0.2) is 13.1 Å². The van der Waals surface area contributed by atoms with Crippen molar-refractivity contribution in [3.8, 4) is 0 Å². The first-order valence-electron chi connectivity index (χ1n) is 10.8. The van der Waals surface area contributed by atoms with Crippen LogP contribution in [0.4, 0.5) is 52.7 Å². The molecule has 0 unspecified atom stereocenters. The maximum atomic E-state index is 11.3. The van der Waals surface area contributed by atoms with Crippen molar-refractivity contribution in [2.45, 2.75) is 24.7 Å². The molecule has 4 amide bonds. The van der Waals surface area contributed by atoms with Crippen LogP contribution in [0.2, 0.25) is 0 Å². The van der Waals surface area contributed by atoms with Crippen molar-refractivity contribution >= 4 is 34.0 Å². The molecule has 0 aliphatic heterocycles. The minimum absolute atomic E-state index is 0.171. The van der Waals surface area contributed by atoms with Gasteiger partial charge in [0, 0.05) is 0 Å². The monoisotopic (exact) mass is 724 g/mol. The molecular weight excluding hydrogens is 692 g/mol. The molecule has 0 aromatic rings. The Labute approximate surface area is 245 Å². The number of carbonyl (C=O) groups is 4. The fourth-order valence-corrected chi connectivity index (χ4v) is 1.12. The maximum absolute atomic E-state index is 11.3. The number of halogens is 12. The number of alkyl halides is 12. The SMILES string of the molecule is NCC(=O)NCC(F)(F)F.NCC(=O)NCC(F)(F)F.O=S(=O)(O)O.[NH3+]CC(=O)NCC(F)(F)F.[NH3+]CC(=O)NCC(F)(F)F. The molecule has 272 valence electrons. The van der Waals surface area contributed by atoms with E-state index in [9.17, 15) is 71.9 Å². The number of quaternary nitrogens is 2. The van der Waals surface area contributed by atoms with Crippen molar-refractivity contribution in [2.75, 3.05) is 52.4 Å². The first-order chi connectivity index (χ1) is 19.8. The van der Waals surface area contributed by atoms with Crippen LogP contribution in [0.3, 0.4) is 0 Å². The van der Waals surface area contributed by atoms with Crippen LogP contribution in [0.15, 0.2) is 0 Å². The van der Waals surface area contributed by atoms with Gasteiger partial charge in [-0.15, -0.1) is 0 Å². The molecule has 16 nitrogen and oxygen atoms in total. The summed E-state index contributed by atoms with van der Waals surface area (Å²) < 4.78 is 167. The van der Waals surface area contributed by atoms with E-state index in [1.54, 1.807) is 21.3 Å². The summed E-state index contributed by atoms with van der Waals surface area (Å²) in [6, 6.07) is 0. The standard InChI is InChI=1S/4C4H7F3N2O.H2O4S/c4*5-4(6,7)2-9-3(10)1-8;1-5(2,3)4/h4*1-2,8H2,(H,9,10);(H2,1,2,3,4)/p+2. The molecule has 0 heterocycles. The number of amides is 4. The lowest BCUT2D eigenvalue weighted by molar-refractivity contribution is -0.355. The summed E-state index contributed by atoms with van der Waals surface area (Å²) in [6.45, 7) is -6.37. The van der Waals surface area contributed by atoms with Crippen LogP contribution in [0, 0.1) is 0 Å². The zero-order chi connectivity index (χ0) is 37.3. The van der Waals surface area contributed by atoms with Crippen molar-refractivity contribution in [2.24, 2.45) is 11.5 Å². The molecule has 16 N–H and O–H groups in total. The fraction of sp³-hybridized carbons (Fsp3) is 0.750. The first-order valence-corrected chi connectivity index (χ1v) is 12.2. The van der Waals surface area contributed by atoms with Gasteiger partial charge in [-0.05, 0) is 0 Å². The molecule has 0 aromatic carbocycles. The number of nitrogens with two attached hydrogens (primary N) is 2. The third-order valence-corrected chi connectivity index (χ3v) is 2.77. The van der Waals surface area contributed by atoms with E-state index in [1.807, 2.05) is 0 Å². The molecule has 0 rings (SSSR count). The second kappa shape index (κ2) is 25.0. The third kappa shape index (κ3) is 74.0. The Bertz CT molecular complexity index is 818. The van der Waals surface area contributed by atoms with Crippen molar-refractivity contribution in [3.05, 3.63) is 0 Å². The van der Waals surface area contributed by atoms with Gasteiger partial charge in [0.25, 0.3) is 11.8 Å². The second-order valence-corrected chi connectivity index (χ2v) is 7.82. The van der Waals surface area contributed by atoms with E-state index in [2.05, 4.69) is 11.5 Å². The third-order valence-electron chi connectivity index (χ3n) is 2.77. The summed E-state index contributed by atoms with van der Waals surface area (Å²) >= 11 is 0. The van der Waals surface area contributed by atoms with Crippen LogP contribution in [0.1, 0.15) is 0 Å². The van der Waals surface area contributed by atoms with Gasteiger partial charge in [0.05, 0.1) is 13.1 Å². The summed E-state index contributed by atoms with van der Waals surface area (Å²) in [5.74, 6) is -3.01. The summed E-state index contributed by atoms with van der Waals surface area (Å²) in [6.07, 6.45) is -17.4. The Morgan fingerprint density at radius 3 is 0.778 bits per heavy atom. The quantitative estimate of drug-likeness (QED) is 0.0867. The Morgan fingerprint density at radius 2 is 0.667 bits per heavy atom. The van der Waals surface area contributed by atoms with E-state index in [1.165, 1.54) is 0 Å². The van der Waals surface area contributed by atoms with Crippen molar-refractivity contribution in [1.29, 1.82) is 0 Å². The molecule has 0 aliphatic carbocycles. The number of rotatable bonds is 8. The van der Waals surface area contributed by atoms with E-state index < -0.39 is 98.0 Å². The first kappa shape index (κ1) is 51.3. The zero-order valence-corrected chi connectivity index (χ0v) is 23.3. The van der Waals surface area contributed by atoms with Gasteiger partial charge in [-0.1, -0.05) is 0 Å². The van der Waals surface area contributed by atoms with E-state index >= 15 is 0 Å². The average Bonchev–Trinajstić information content (AvgIpc) is 2.85. The van der Waals surface area contributed by atoms with Crippen LogP contribution in [0.5, 0.6) is 0 Å².